The predicted octanol–water partition coefficient (Wildman–Crippen LogP) is 0.635. The lowest BCUT2D eigenvalue weighted by Crippen LogP contribution is -2.30. The lowest BCUT2D eigenvalue weighted by molar-refractivity contribution is 0.0839. The standard InChI is InChI=1S/C12H18N4O/c1-8-5-9(11(13)14)6-10(15-8)16-4-3-12(2,17)7-16/h5-6,17H,3-4,7H2,1-2H3,(H3,13,14). The van der Waals surface area contributed by atoms with E-state index in [-0.39, 0.29) is 5.84 Å². The van der Waals surface area contributed by atoms with Gasteiger partial charge in [0, 0.05) is 24.3 Å². The first-order valence-corrected chi connectivity index (χ1v) is 5.68. The van der Waals surface area contributed by atoms with Crippen molar-refractivity contribution in [2.24, 2.45) is 5.73 Å². The first-order valence-electron chi connectivity index (χ1n) is 5.68. The van der Waals surface area contributed by atoms with Crippen molar-refractivity contribution in [1.82, 2.24) is 4.98 Å². The number of β-amino-alcohol motifs (C(OH)–C–C–N with tert-alkyl or cyclic N) is 1. The molecule has 0 amide bonds. The van der Waals surface area contributed by atoms with Gasteiger partial charge in [-0.25, -0.2) is 4.98 Å². The number of rotatable bonds is 2. The molecular formula is C12H18N4O. The summed E-state index contributed by atoms with van der Waals surface area (Å²) in [5.41, 5.74) is 6.35. The van der Waals surface area contributed by atoms with Crippen molar-refractivity contribution in [3.8, 4) is 0 Å². The second kappa shape index (κ2) is 4.00. The molecular weight excluding hydrogens is 216 g/mol. The number of amidine groups is 1. The van der Waals surface area contributed by atoms with E-state index in [1.54, 1.807) is 12.1 Å². The maximum absolute atomic E-state index is 9.94. The Labute approximate surface area is 101 Å². The van der Waals surface area contributed by atoms with Gasteiger partial charge >= 0.3 is 0 Å². The number of aliphatic hydroxyl groups is 1. The number of hydrogen-bond donors (Lipinski definition) is 3. The summed E-state index contributed by atoms with van der Waals surface area (Å²) in [5, 5.41) is 17.4. The first-order chi connectivity index (χ1) is 7.87. The van der Waals surface area contributed by atoms with Gasteiger partial charge in [-0.2, -0.15) is 0 Å². The molecule has 1 fully saturated rings. The van der Waals surface area contributed by atoms with Crippen molar-refractivity contribution in [2.75, 3.05) is 18.0 Å². The zero-order valence-electron chi connectivity index (χ0n) is 10.2. The molecule has 2 rings (SSSR count). The quantitative estimate of drug-likeness (QED) is 0.517. The minimum Gasteiger partial charge on any atom is -0.388 e. The van der Waals surface area contributed by atoms with Crippen molar-refractivity contribution < 1.29 is 5.11 Å². The number of hydrogen-bond acceptors (Lipinski definition) is 4. The SMILES string of the molecule is Cc1cc(C(=N)N)cc(N2CCC(C)(O)C2)n1. The fraction of sp³-hybridized carbons (Fsp3) is 0.500. The van der Waals surface area contributed by atoms with Gasteiger partial charge < -0.3 is 15.7 Å². The predicted molar refractivity (Wildman–Crippen MR) is 67.4 cm³/mol. The molecule has 1 aromatic heterocycles. The van der Waals surface area contributed by atoms with E-state index in [9.17, 15) is 5.11 Å². The monoisotopic (exact) mass is 234 g/mol. The Balaban J connectivity index is 2.30. The van der Waals surface area contributed by atoms with Crippen molar-refractivity contribution in [3.63, 3.8) is 0 Å². The molecule has 0 aliphatic carbocycles. The summed E-state index contributed by atoms with van der Waals surface area (Å²) in [6, 6.07) is 3.59. The number of anilines is 1. The summed E-state index contributed by atoms with van der Waals surface area (Å²) in [6.07, 6.45) is 0.734. The molecule has 17 heavy (non-hydrogen) atoms. The maximum atomic E-state index is 9.94. The summed E-state index contributed by atoms with van der Waals surface area (Å²) in [4.78, 5) is 6.45. The average Bonchev–Trinajstić information content (AvgIpc) is 2.58. The van der Waals surface area contributed by atoms with E-state index in [0.717, 1.165) is 24.5 Å². The van der Waals surface area contributed by atoms with Crippen LogP contribution in [0.1, 0.15) is 24.6 Å². The molecule has 1 aliphatic heterocycles. The molecule has 2 heterocycles. The molecule has 0 radical (unpaired) electrons. The van der Waals surface area contributed by atoms with E-state index < -0.39 is 5.60 Å². The number of aromatic nitrogens is 1. The van der Waals surface area contributed by atoms with Crippen LogP contribution in [0.5, 0.6) is 0 Å². The van der Waals surface area contributed by atoms with E-state index in [1.807, 2.05) is 18.7 Å². The molecule has 4 N–H and O–H groups in total. The molecule has 92 valence electrons. The second-order valence-electron chi connectivity index (χ2n) is 4.94. The fourth-order valence-electron chi connectivity index (χ4n) is 2.11. The molecule has 0 spiro atoms. The summed E-state index contributed by atoms with van der Waals surface area (Å²) in [5.74, 6) is 0.829. The van der Waals surface area contributed by atoms with Gasteiger partial charge in [0.2, 0.25) is 0 Å². The third-order valence-electron chi connectivity index (χ3n) is 3.03. The van der Waals surface area contributed by atoms with Crippen LogP contribution < -0.4 is 10.6 Å². The molecule has 1 unspecified atom stereocenters. The third-order valence-corrected chi connectivity index (χ3v) is 3.03. The smallest absolute Gasteiger partial charge is 0.129 e. The van der Waals surface area contributed by atoms with Gasteiger partial charge in [-0.05, 0) is 32.4 Å². The average molecular weight is 234 g/mol. The number of aryl methyl sites for hydroxylation is 1. The number of pyridine rings is 1. The summed E-state index contributed by atoms with van der Waals surface area (Å²) in [6.45, 7) is 5.06. The van der Waals surface area contributed by atoms with Gasteiger partial charge in [0.15, 0.2) is 0 Å². The van der Waals surface area contributed by atoms with Gasteiger partial charge in [-0.3, -0.25) is 5.41 Å². The first kappa shape index (κ1) is 11.9. The van der Waals surface area contributed by atoms with Gasteiger partial charge in [0.25, 0.3) is 0 Å². The van der Waals surface area contributed by atoms with Crippen LogP contribution in [0, 0.1) is 12.3 Å². The lowest BCUT2D eigenvalue weighted by Gasteiger charge is -2.20. The number of nitrogens with one attached hydrogen (secondary N) is 1. The fourth-order valence-corrected chi connectivity index (χ4v) is 2.11. The zero-order valence-corrected chi connectivity index (χ0v) is 10.2. The van der Waals surface area contributed by atoms with Gasteiger partial charge in [0.1, 0.15) is 11.7 Å². The lowest BCUT2D eigenvalue weighted by atomic mass is 10.1. The van der Waals surface area contributed by atoms with E-state index in [4.69, 9.17) is 11.1 Å². The molecule has 1 aromatic rings. The molecule has 1 saturated heterocycles. The molecule has 5 heteroatoms. The summed E-state index contributed by atoms with van der Waals surface area (Å²) < 4.78 is 0. The molecule has 0 bridgehead atoms. The van der Waals surface area contributed by atoms with Crippen LogP contribution in [0.4, 0.5) is 5.82 Å². The van der Waals surface area contributed by atoms with Crippen LogP contribution in [-0.2, 0) is 0 Å². The maximum Gasteiger partial charge on any atom is 0.129 e. The van der Waals surface area contributed by atoms with E-state index >= 15 is 0 Å². The minimum atomic E-state index is -0.651. The number of nitrogens with two attached hydrogens (primary N) is 1. The Morgan fingerprint density at radius 3 is 2.82 bits per heavy atom. The third kappa shape index (κ3) is 2.55. The van der Waals surface area contributed by atoms with Crippen LogP contribution in [0.3, 0.4) is 0 Å². The van der Waals surface area contributed by atoms with Crippen LogP contribution in [0.25, 0.3) is 0 Å². The van der Waals surface area contributed by atoms with Gasteiger partial charge in [-0.1, -0.05) is 0 Å². The summed E-state index contributed by atoms with van der Waals surface area (Å²) >= 11 is 0. The highest BCUT2D eigenvalue weighted by atomic mass is 16.3. The highest BCUT2D eigenvalue weighted by Gasteiger charge is 2.32. The molecule has 1 aliphatic rings. The zero-order chi connectivity index (χ0) is 12.6. The van der Waals surface area contributed by atoms with Gasteiger partial charge in [0.05, 0.1) is 5.60 Å². The van der Waals surface area contributed by atoms with Crippen molar-refractivity contribution in [3.05, 3.63) is 23.4 Å². The van der Waals surface area contributed by atoms with Crippen molar-refractivity contribution in [1.29, 1.82) is 5.41 Å². The Hall–Kier alpha value is -1.62. The second-order valence-corrected chi connectivity index (χ2v) is 4.94. The highest BCUT2D eigenvalue weighted by Crippen LogP contribution is 2.25. The van der Waals surface area contributed by atoms with Crippen LogP contribution in [-0.4, -0.2) is 34.6 Å². The van der Waals surface area contributed by atoms with Crippen LogP contribution in [0.2, 0.25) is 0 Å². The van der Waals surface area contributed by atoms with Crippen LogP contribution >= 0.6 is 0 Å². The highest BCUT2D eigenvalue weighted by molar-refractivity contribution is 5.95. The van der Waals surface area contributed by atoms with E-state index in [2.05, 4.69) is 4.98 Å². The van der Waals surface area contributed by atoms with Crippen molar-refractivity contribution >= 4 is 11.7 Å². The molecule has 0 saturated carbocycles. The Morgan fingerprint density at radius 2 is 2.29 bits per heavy atom. The largest absolute Gasteiger partial charge is 0.388 e. The normalized spacial score (nSPS) is 24.1. The minimum absolute atomic E-state index is 0.0442. The Morgan fingerprint density at radius 1 is 1.59 bits per heavy atom. The number of nitrogen functional groups attached to an aromatic ring is 1. The Bertz CT molecular complexity index is 456. The van der Waals surface area contributed by atoms with Crippen LogP contribution in [0.15, 0.2) is 12.1 Å². The van der Waals surface area contributed by atoms with E-state index in [0.29, 0.717) is 12.1 Å². The van der Waals surface area contributed by atoms with Gasteiger partial charge in [-0.15, -0.1) is 0 Å². The molecule has 0 aromatic carbocycles. The Kier molecular flexibility index (Phi) is 2.79. The van der Waals surface area contributed by atoms with Crippen molar-refractivity contribution in [2.45, 2.75) is 25.9 Å². The topological polar surface area (TPSA) is 86.2 Å². The molecule has 5 nitrogen and oxygen atoms in total. The number of nitrogens with zero attached hydrogens (tertiary/aromatic N) is 2. The summed E-state index contributed by atoms with van der Waals surface area (Å²) in [7, 11) is 0. The molecule has 1 atom stereocenters. The van der Waals surface area contributed by atoms with E-state index in [1.165, 1.54) is 0 Å².